The molecule has 8 nitrogen and oxygen atoms in total. The number of amides is 1. The molecular formula is C30H31ClN6O2S. The first-order valence-corrected chi connectivity index (χ1v) is 14.0. The van der Waals surface area contributed by atoms with Gasteiger partial charge in [-0.2, -0.15) is 0 Å². The van der Waals surface area contributed by atoms with Crippen LogP contribution in [-0.2, 0) is 13.0 Å². The van der Waals surface area contributed by atoms with Gasteiger partial charge in [0, 0.05) is 60.7 Å². The molecule has 4 N–H and O–H groups in total. The molecule has 6 rings (SSSR count). The molecule has 5 aromatic rings. The molecule has 206 valence electrons. The highest BCUT2D eigenvalue weighted by atomic mass is 35.5. The molecule has 2 aromatic heterocycles. The van der Waals surface area contributed by atoms with Gasteiger partial charge in [0.1, 0.15) is 0 Å². The Kier molecular flexibility index (Phi) is 8.07. The number of nitrogens with one attached hydrogen (secondary N) is 2. The second kappa shape index (κ2) is 11.7. The fraction of sp³-hybridized carbons (Fsp3) is 0.233. The summed E-state index contributed by atoms with van der Waals surface area (Å²) < 4.78 is 0.945. The van der Waals surface area contributed by atoms with Gasteiger partial charge in [-0.25, -0.2) is 4.98 Å². The number of carbonyl (C=O) groups excluding carboxylic acids is 1. The lowest BCUT2D eigenvalue weighted by Crippen LogP contribution is -2.45. The maximum atomic E-state index is 12.8. The molecule has 3 aromatic carbocycles. The molecule has 0 unspecified atom stereocenters. The van der Waals surface area contributed by atoms with Crippen molar-refractivity contribution in [3.05, 3.63) is 93.8 Å². The Morgan fingerprint density at radius 1 is 1.02 bits per heavy atom. The summed E-state index contributed by atoms with van der Waals surface area (Å²) in [4.78, 5) is 37.1. The topological polar surface area (TPSA) is 107 Å². The highest BCUT2D eigenvalue weighted by Crippen LogP contribution is 2.27. The van der Waals surface area contributed by atoms with Crippen LogP contribution in [0.4, 0.5) is 16.5 Å². The van der Waals surface area contributed by atoms with Crippen molar-refractivity contribution in [2.24, 2.45) is 0 Å². The van der Waals surface area contributed by atoms with Gasteiger partial charge in [0.05, 0.1) is 10.2 Å². The molecule has 0 radical (unpaired) electrons. The number of H-pyrrole nitrogens is 1. The Morgan fingerprint density at radius 2 is 1.80 bits per heavy atom. The van der Waals surface area contributed by atoms with Crippen LogP contribution in [-0.4, -0.2) is 47.0 Å². The molecular weight excluding hydrogens is 544 g/mol. The monoisotopic (exact) mass is 574 g/mol. The number of nitrogen functional groups attached to an aromatic ring is 1. The number of piperazine rings is 1. The second-order valence-corrected chi connectivity index (χ2v) is 11.0. The molecule has 3 heterocycles. The van der Waals surface area contributed by atoms with Crippen molar-refractivity contribution in [2.75, 3.05) is 42.1 Å². The Balaban J connectivity index is 0.00000323. The summed E-state index contributed by atoms with van der Waals surface area (Å²) in [5.41, 5.74) is 12.0. The number of fused-ring (bicyclic) bond motifs is 2. The van der Waals surface area contributed by atoms with Crippen LogP contribution in [0.3, 0.4) is 0 Å². The number of halogens is 1. The third kappa shape index (κ3) is 5.82. The van der Waals surface area contributed by atoms with E-state index in [9.17, 15) is 9.59 Å². The Bertz CT molecular complexity index is 1720. The van der Waals surface area contributed by atoms with Crippen molar-refractivity contribution in [3.8, 4) is 0 Å². The van der Waals surface area contributed by atoms with Crippen LogP contribution in [0.1, 0.15) is 28.4 Å². The highest BCUT2D eigenvalue weighted by molar-refractivity contribution is 7.22. The van der Waals surface area contributed by atoms with E-state index in [2.05, 4.69) is 43.3 Å². The van der Waals surface area contributed by atoms with Crippen LogP contribution in [0.2, 0.25) is 0 Å². The van der Waals surface area contributed by atoms with Gasteiger partial charge in [-0.1, -0.05) is 30.4 Å². The molecule has 0 atom stereocenters. The molecule has 10 heteroatoms. The number of aryl methyl sites for hydroxylation is 1. The summed E-state index contributed by atoms with van der Waals surface area (Å²) in [5.74, 6) is -0.147. The van der Waals surface area contributed by atoms with E-state index in [0.29, 0.717) is 10.7 Å². The number of carbonyl (C=O) groups is 1. The number of aromatic amines is 1. The number of nitrogens with two attached hydrogens (primary N) is 1. The maximum Gasteiger partial charge on any atom is 0.255 e. The lowest BCUT2D eigenvalue weighted by atomic mass is 10.1. The summed E-state index contributed by atoms with van der Waals surface area (Å²) in [6.45, 7) is 6.55. The van der Waals surface area contributed by atoms with Gasteiger partial charge >= 0.3 is 0 Å². The van der Waals surface area contributed by atoms with E-state index in [1.54, 1.807) is 0 Å². The fourth-order valence-electron chi connectivity index (χ4n) is 5.12. The zero-order chi connectivity index (χ0) is 26.9. The van der Waals surface area contributed by atoms with Crippen LogP contribution in [0.15, 0.2) is 71.5 Å². The molecule has 40 heavy (non-hydrogen) atoms. The minimum absolute atomic E-state index is 0. The molecule has 0 spiro atoms. The fourth-order valence-corrected chi connectivity index (χ4v) is 5.90. The van der Waals surface area contributed by atoms with Crippen molar-refractivity contribution in [1.29, 1.82) is 0 Å². The minimum Gasteiger partial charge on any atom is -0.375 e. The number of aromatic nitrogens is 2. The minimum atomic E-state index is -0.147. The van der Waals surface area contributed by atoms with Gasteiger partial charge in [-0.05, 0) is 72.0 Å². The first-order chi connectivity index (χ1) is 18.9. The van der Waals surface area contributed by atoms with Crippen molar-refractivity contribution >= 4 is 67.3 Å². The number of hydrogen-bond acceptors (Lipinski definition) is 7. The molecule has 0 saturated carbocycles. The van der Waals surface area contributed by atoms with Crippen molar-refractivity contribution in [2.45, 2.75) is 19.9 Å². The smallest absolute Gasteiger partial charge is 0.255 e. The lowest BCUT2D eigenvalue weighted by molar-refractivity contribution is 0.102. The van der Waals surface area contributed by atoms with Crippen LogP contribution in [0.5, 0.6) is 0 Å². The van der Waals surface area contributed by atoms with E-state index in [1.807, 2.05) is 55.5 Å². The van der Waals surface area contributed by atoms with Gasteiger partial charge in [-0.3, -0.25) is 14.5 Å². The number of thiazole rings is 1. The molecule has 1 saturated heterocycles. The van der Waals surface area contributed by atoms with Crippen molar-refractivity contribution in [3.63, 3.8) is 0 Å². The summed E-state index contributed by atoms with van der Waals surface area (Å²) >= 11 is 1.40. The van der Waals surface area contributed by atoms with Gasteiger partial charge < -0.3 is 20.9 Å². The summed E-state index contributed by atoms with van der Waals surface area (Å²) in [6, 6.07) is 21.7. The van der Waals surface area contributed by atoms with Gasteiger partial charge in [0.2, 0.25) is 0 Å². The molecule has 0 aliphatic carbocycles. The number of nitrogens with zero attached hydrogens (tertiary/aromatic N) is 3. The van der Waals surface area contributed by atoms with Gasteiger partial charge in [0.25, 0.3) is 11.5 Å². The average molecular weight is 575 g/mol. The van der Waals surface area contributed by atoms with E-state index < -0.39 is 0 Å². The van der Waals surface area contributed by atoms with Crippen LogP contribution < -0.4 is 21.5 Å². The molecule has 1 fully saturated rings. The second-order valence-electron chi connectivity index (χ2n) is 9.90. The number of pyridine rings is 1. The van der Waals surface area contributed by atoms with E-state index in [1.165, 1.54) is 16.9 Å². The van der Waals surface area contributed by atoms with Gasteiger partial charge in [0.15, 0.2) is 5.13 Å². The first kappa shape index (κ1) is 27.6. The lowest BCUT2D eigenvalue weighted by Gasteiger charge is -2.36. The van der Waals surface area contributed by atoms with Crippen LogP contribution >= 0.6 is 23.7 Å². The Hall–Kier alpha value is -3.92. The number of benzene rings is 3. The third-order valence-corrected chi connectivity index (χ3v) is 8.15. The zero-order valence-electron chi connectivity index (χ0n) is 22.1. The molecule has 1 aliphatic rings. The van der Waals surface area contributed by atoms with E-state index in [-0.39, 0.29) is 23.9 Å². The number of rotatable bonds is 6. The van der Waals surface area contributed by atoms with E-state index in [0.717, 1.165) is 77.2 Å². The normalized spacial score (nSPS) is 13.9. The predicted octanol–water partition coefficient (Wildman–Crippen LogP) is 5.28. The Morgan fingerprint density at radius 3 is 2.55 bits per heavy atom. The molecule has 1 aliphatic heterocycles. The maximum absolute atomic E-state index is 12.8. The predicted molar refractivity (Wildman–Crippen MR) is 167 cm³/mol. The highest BCUT2D eigenvalue weighted by Gasteiger charge is 2.18. The summed E-state index contributed by atoms with van der Waals surface area (Å²) in [6.07, 6.45) is 0.730. The van der Waals surface area contributed by atoms with Crippen molar-refractivity contribution < 1.29 is 4.79 Å². The third-order valence-electron chi connectivity index (χ3n) is 7.30. The van der Waals surface area contributed by atoms with Gasteiger partial charge in [-0.15, -0.1) is 12.4 Å². The average Bonchev–Trinajstić information content (AvgIpc) is 3.32. The molecule has 0 bridgehead atoms. The largest absolute Gasteiger partial charge is 0.375 e. The van der Waals surface area contributed by atoms with E-state index in [4.69, 9.17) is 5.73 Å². The standard InChI is InChI=1S/C30H30N6O2S.ClH/c1-2-20-16-22-4-3-19(15-26(22)33-28(20)37)18-35-11-13-36(14-12-35)24-8-5-21(6-9-24)29(38)32-23-7-10-25-27(17-23)39-30(31)34-25;/h3-10,15-17H,2,11-14,18H2,1H3,(H2,31,34)(H,32,38)(H,33,37);1H. The Labute approximate surface area is 242 Å². The summed E-state index contributed by atoms with van der Waals surface area (Å²) in [7, 11) is 0. The SMILES string of the molecule is CCc1cc2ccc(CN3CCN(c4ccc(C(=O)Nc5ccc6nc(N)sc6c5)cc4)CC3)cc2[nH]c1=O.Cl. The summed E-state index contributed by atoms with van der Waals surface area (Å²) in [5, 5.41) is 4.55. The van der Waals surface area contributed by atoms with Crippen LogP contribution in [0, 0.1) is 0 Å². The number of hydrogen-bond donors (Lipinski definition) is 3. The molecule has 1 amide bonds. The number of anilines is 3. The quantitative estimate of drug-likeness (QED) is 0.255. The first-order valence-electron chi connectivity index (χ1n) is 13.1. The van der Waals surface area contributed by atoms with E-state index >= 15 is 0 Å². The van der Waals surface area contributed by atoms with Crippen LogP contribution in [0.25, 0.3) is 21.1 Å². The zero-order valence-corrected chi connectivity index (χ0v) is 23.8. The van der Waals surface area contributed by atoms with Crippen molar-refractivity contribution in [1.82, 2.24) is 14.9 Å².